The third kappa shape index (κ3) is 4.88. The largest absolute Gasteiger partial charge is 0.327 e. The van der Waals surface area contributed by atoms with Crippen LogP contribution >= 0.6 is 15.9 Å². The van der Waals surface area contributed by atoms with E-state index < -0.39 is 0 Å². The van der Waals surface area contributed by atoms with Gasteiger partial charge >= 0.3 is 0 Å². The summed E-state index contributed by atoms with van der Waals surface area (Å²) < 4.78 is 14.2. The van der Waals surface area contributed by atoms with Crippen molar-refractivity contribution < 1.29 is 4.39 Å². The zero-order chi connectivity index (χ0) is 13.7. The fraction of sp³-hybridized carbons (Fsp3) is 0.625. The van der Waals surface area contributed by atoms with Gasteiger partial charge in [0.1, 0.15) is 5.82 Å². The lowest BCUT2D eigenvalue weighted by atomic mass is 9.85. The van der Waals surface area contributed by atoms with E-state index in [1.807, 2.05) is 0 Å². The summed E-state index contributed by atoms with van der Waals surface area (Å²) in [5.74, 6) is 0.688. The molecule has 1 aliphatic carbocycles. The first kappa shape index (κ1) is 15.0. The molecule has 1 saturated carbocycles. The van der Waals surface area contributed by atoms with E-state index in [1.54, 1.807) is 12.1 Å². The van der Waals surface area contributed by atoms with Crippen LogP contribution in [0.25, 0.3) is 0 Å². The van der Waals surface area contributed by atoms with Gasteiger partial charge in [0, 0.05) is 10.5 Å². The van der Waals surface area contributed by atoms with E-state index in [0.29, 0.717) is 0 Å². The molecular formula is C16H23BrFN. The molecule has 0 aromatic heterocycles. The minimum atomic E-state index is -0.183. The van der Waals surface area contributed by atoms with Crippen LogP contribution in [0.15, 0.2) is 22.7 Å². The van der Waals surface area contributed by atoms with Crippen LogP contribution in [0.4, 0.5) is 4.39 Å². The van der Waals surface area contributed by atoms with Gasteiger partial charge in [-0.05, 0) is 48.9 Å². The Morgan fingerprint density at radius 2 is 2.00 bits per heavy atom. The zero-order valence-electron chi connectivity index (χ0n) is 11.4. The number of benzene rings is 1. The van der Waals surface area contributed by atoms with Crippen molar-refractivity contribution in [3.05, 3.63) is 34.1 Å². The Labute approximate surface area is 123 Å². The average molecular weight is 328 g/mol. The lowest BCUT2D eigenvalue weighted by Gasteiger charge is -2.23. The first-order chi connectivity index (χ1) is 9.15. The highest BCUT2D eigenvalue weighted by molar-refractivity contribution is 9.10. The van der Waals surface area contributed by atoms with Gasteiger partial charge in [-0.1, -0.05) is 48.0 Å². The van der Waals surface area contributed by atoms with Gasteiger partial charge < -0.3 is 5.73 Å². The fourth-order valence-electron chi connectivity index (χ4n) is 3.01. The summed E-state index contributed by atoms with van der Waals surface area (Å²) in [6.07, 6.45) is 9.95. The number of hydrogen-bond acceptors (Lipinski definition) is 1. The summed E-state index contributed by atoms with van der Waals surface area (Å²) in [5.41, 5.74) is 7.18. The van der Waals surface area contributed by atoms with Gasteiger partial charge in [-0.15, -0.1) is 0 Å². The molecule has 1 atom stereocenters. The number of halogens is 2. The van der Waals surface area contributed by atoms with Crippen molar-refractivity contribution in [2.45, 2.75) is 57.4 Å². The molecule has 1 aromatic carbocycles. The van der Waals surface area contributed by atoms with Crippen molar-refractivity contribution in [1.82, 2.24) is 0 Å². The molecule has 19 heavy (non-hydrogen) atoms. The molecule has 0 amide bonds. The van der Waals surface area contributed by atoms with E-state index in [-0.39, 0.29) is 11.9 Å². The molecule has 2 N–H and O–H groups in total. The maximum Gasteiger partial charge on any atom is 0.123 e. The predicted molar refractivity (Wildman–Crippen MR) is 81.6 cm³/mol. The van der Waals surface area contributed by atoms with Gasteiger partial charge in [-0.2, -0.15) is 0 Å². The van der Waals surface area contributed by atoms with Crippen LogP contribution in [0.5, 0.6) is 0 Å². The average Bonchev–Trinajstić information content (AvgIpc) is 2.42. The third-order valence-electron chi connectivity index (χ3n) is 4.16. The van der Waals surface area contributed by atoms with Crippen molar-refractivity contribution in [3.8, 4) is 0 Å². The molecule has 1 fully saturated rings. The Hall–Kier alpha value is -0.410. The molecule has 0 heterocycles. The number of hydrogen-bond donors (Lipinski definition) is 1. The van der Waals surface area contributed by atoms with Gasteiger partial charge in [0.05, 0.1) is 0 Å². The minimum absolute atomic E-state index is 0.139. The Kier molecular flexibility index (Phi) is 5.83. The third-order valence-corrected chi connectivity index (χ3v) is 4.93. The van der Waals surface area contributed by atoms with E-state index in [1.165, 1.54) is 44.6 Å². The number of nitrogens with two attached hydrogens (primary N) is 1. The van der Waals surface area contributed by atoms with Crippen LogP contribution in [0, 0.1) is 11.7 Å². The second kappa shape index (κ2) is 7.39. The molecule has 0 aliphatic heterocycles. The Morgan fingerprint density at radius 3 is 2.74 bits per heavy atom. The van der Waals surface area contributed by atoms with Crippen molar-refractivity contribution >= 4 is 15.9 Å². The molecule has 0 saturated heterocycles. The van der Waals surface area contributed by atoms with Gasteiger partial charge in [-0.3, -0.25) is 0 Å². The lowest BCUT2D eigenvalue weighted by molar-refractivity contribution is 0.323. The highest BCUT2D eigenvalue weighted by atomic mass is 79.9. The standard InChI is InChI=1S/C16H23BrFN/c17-16-9-7-14(18)10-13(16)11-15(19)8-6-12-4-2-1-3-5-12/h7,9-10,12,15H,1-6,8,11,19H2. The molecule has 1 aliphatic rings. The number of rotatable bonds is 5. The van der Waals surface area contributed by atoms with Gasteiger partial charge in [0.15, 0.2) is 0 Å². The lowest BCUT2D eigenvalue weighted by Crippen LogP contribution is -2.24. The molecule has 1 unspecified atom stereocenters. The van der Waals surface area contributed by atoms with Crippen LogP contribution in [0.3, 0.4) is 0 Å². The zero-order valence-corrected chi connectivity index (χ0v) is 13.0. The first-order valence-electron chi connectivity index (χ1n) is 7.34. The highest BCUT2D eigenvalue weighted by Crippen LogP contribution is 2.28. The Bertz CT molecular complexity index is 402. The van der Waals surface area contributed by atoms with Gasteiger partial charge in [-0.25, -0.2) is 4.39 Å². The molecule has 0 radical (unpaired) electrons. The Balaban J connectivity index is 1.80. The predicted octanol–water partition coefficient (Wildman–Crippen LogP) is 4.82. The van der Waals surface area contributed by atoms with E-state index in [4.69, 9.17) is 5.73 Å². The summed E-state index contributed by atoms with van der Waals surface area (Å²) in [7, 11) is 0. The van der Waals surface area contributed by atoms with Crippen molar-refractivity contribution in [1.29, 1.82) is 0 Å². The molecule has 0 spiro atoms. The molecule has 1 nitrogen and oxygen atoms in total. The summed E-state index contributed by atoms with van der Waals surface area (Å²) in [6.45, 7) is 0. The SMILES string of the molecule is NC(CCC1CCCCC1)Cc1cc(F)ccc1Br. The molecule has 106 valence electrons. The highest BCUT2D eigenvalue weighted by Gasteiger charge is 2.15. The summed E-state index contributed by atoms with van der Waals surface area (Å²) in [4.78, 5) is 0. The van der Waals surface area contributed by atoms with Crippen molar-refractivity contribution in [3.63, 3.8) is 0 Å². The normalized spacial score (nSPS) is 18.5. The smallest absolute Gasteiger partial charge is 0.123 e. The van der Waals surface area contributed by atoms with Crippen molar-refractivity contribution in [2.75, 3.05) is 0 Å². The fourth-order valence-corrected chi connectivity index (χ4v) is 3.42. The van der Waals surface area contributed by atoms with Crippen LogP contribution < -0.4 is 5.73 Å². The summed E-state index contributed by atoms with van der Waals surface area (Å²) >= 11 is 3.46. The maximum atomic E-state index is 13.2. The van der Waals surface area contributed by atoms with Crippen LogP contribution in [0.2, 0.25) is 0 Å². The second-order valence-corrected chi connectivity index (χ2v) is 6.64. The monoisotopic (exact) mass is 327 g/mol. The molecular weight excluding hydrogens is 305 g/mol. The van der Waals surface area contributed by atoms with E-state index >= 15 is 0 Å². The van der Waals surface area contributed by atoms with Crippen molar-refractivity contribution in [2.24, 2.45) is 11.7 Å². The van der Waals surface area contributed by atoms with Crippen LogP contribution in [0.1, 0.15) is 50.5 Å². The van der Waals surface area contributed by atoms with Crippen LogP contribution in [-0.4, -0.2) is 6.04 Å². The molecule has 2 rings (SSSR count). The minimum Gasteiger partial charge on any atom is -0.327 e. The van der Waals surface area contributed by atoms with E-state index in [2.05, 4.69) is 15.9 Å². The maximum absolute atomic E-state index is 13.2. The van der Waals surface area contributed by atoms with E-state index in [9.17, 15) is 4.39 Å². The topological polar surface area (TPSA) is 26.0 Å². The van der Waals surface area contributed by atoms with E-state index in [0.717, 1.165) is 28.8 Å². The molecule has 3 heteroatoms. The van der Waals surface area contributed by atoms with Crippen LogP contribution in [-0.2, 0) is 6.42 Å². The summed E-state index contributed by atoms with van der Waals surface area (Å²) in [5, 5.41) is 0. The molecule has 1 aromatic rings. The Morgan fingerprint density at radius 1 is 1.26 bits per heavy atom. The van der Waals surface area contributed by atoms with Gasteiger partial charge in [0.25, 0.3) is 0 Å². The second-order valence-electron chi connectivity index (χ2n) is 5.78. The quantitative estimate of drug-likeness (QED) is 0.824. The summed E-state index contributed by atoms with van der Waals surface area (Å²) in [6, 6.07) is 4.96. The first-order valence-corrected chi connectivity index (χ1v) is 8.14. The molecule has 0 bridgehead atoms. The van der Waals surface area contributed by atoms with Gasteiger partial charge in [0.2, 0.25) is 0 Å².